The van der Waals surface area contributed by atoms with Gasteiger partial charge in [0.1, 0.15) is 18.1 Å². The number of hydrogen-bond acceptors (Lipinski definition) is 7. The number of fused-ring (bicyclic) bond motifs is 1. The minimum atomic E-state index is -0.492. The predicted molar refractivity (Wildman–Crippen MR) is 85.5 cm³/mol. The summed E-state index contributed by atoms with van der Waals surface area (Å²) in [5.41, 5.74) is 1.49. The van der Waals surface area contributed by atoms with E-state index in [1.807, 2.05) is 0 Å². The number of non-ortho nitro benzene ring substituents is 1. The Kier molecular flexibility index (Phi) is 4.48. The van der Waals surface area contributed by atoms with Crippen molar-refractivity contribution in [3.63, 3.8) is 0 Å². The summed E-state index contributed by atoms with van der Waals surface area (Å²) in [7, 11) is 0. The van der Waals surface area contributed by atoms with Gasteiger partial charge in [0, 0.05) is 34.9 Å². The van der Waals surface area contributed by atoms with Crippen LogP contribution in [0.1, 0.15) is 16.7 Å². The first-order chi connectivity index (χ1) is 12.0. The summed E-state index contributed by atoms with van der Waals surface area (Å²) in [6.07, 6.45) is 0. The molecule has 0 saturated heterocycles. The zero-order valence-corrected chi connectivity index (χ0v) is 13.3. The highest BCUT2D eigenvalue weighted by molar-refractivity contribution is 5.50. The first-order valence-electron chi connectivity index (χ1n) is 7.34. The van der Waals surface area contributed by atoms with E-state index in [9.17, 15) is 20.2 Å². The Labute approximate surface area is 142 Å². The molecule has 0 aliphatic carbocycles. The van der Waals surface area contributed by atoms with Crippen LogP contribution in [0.15, 0.2) is 30.3 Å². The van der Waals surface area contributed by atoms with Gasteiger partial charge in [-0.15, -0.1) is 0 Å². The zero-order valence-electron chi connectivity index (χ0n) is 13.3. The molecular weight excluding hydrogens is 332 g/mol. The maximum absolute atomic E-state index is 11.1. The third-order valence-corrected chi connectivity index (χ3v) is 3.74. The number of rotatable bonds is 5. The molecule has 0 saturated carbocycles. The number of aryl methyl sites for hydroxylation is 1. The maximum Gasteiger partial charge on any atom is 0.272 e. The number of nitro benzene ring substituents is 2. The van der Waals surface area contributed by atoms with Crippen molar-refractivity contribution in [3.8, 4) is 11.5 Å². The maximum atomic E-state index is 11.1. The minimum Gasteiger partial charge on any atom is -0.489 e. The second-order valence-corrected chi connectivity index (χ2v) is 5.45. The predicted octanol–water partition coefficient (Wildman–Crippen LogP) is 3.26. The molecule has 3 rings (SSSR count). The van der Waals surface area contributed by atoms with Crippen molar-refractivity contribution >= 4 is 11.4 Å². The highest BCUT2D eigenvalue weighted by Crippen LogP contribution is 2.33. The molecule has 130 valence electrons. The van der Waals surface area contributed by atoms with Gasteiger partial charge in [0.2, 0.25) is 0 Å². The van der Waals surface area contributed by atoms with E-state index in [0.717, 1.165) is 0 Å². The van der Waals surface area contributed by atoms with Crippen LogP contribution in [0.3, 0.4) is 0 Å². The summed E-state index contributed by atoms with van der Waals surface area (Å²) in [5.74, 6) is 0.936. The van der Waals surface area contributed by atoms with E-state index >= 15 is 0 Å². The Morgan fingerprint density at radius 1 is 1.16 bits per heavy atom. The molecule has 1 heterocycles. The largest absolute Gasteiger partial charge is 0.489 e. The molecule has 9 heteroatoms. The van der Waals surface area contributed by atoms with Crippen LogP contribution in [0.4, 0.5) is 11.4 Å². The van der Waals surface area contributed by atoms with Gasteiger partial charge >= 0.3 is 0 Å². The van der Waals surface area contributed by atoms with Crippen molar-refractivity contribution in [1.29, 1.82) is 0 Å². The normalized spacial score (nSPS) is 12.8. The quantitative estimate of drug-likeness (QED) is 0.603. The van der Waals surface area contributed by atoms with E-state index in [0.29, 0.717) is 28.2 Å². The lowest BCUT2D eigenvalue weighted by atomic mass is 10.1. The highest BCUT2D eigenvalue weighted by atomic mass is 16.7. The van der Waals surface area contributed by atoms with Crippen molar-refractivity contribution in [1.82, 2.24) is 0 Å². The smallest absolute Gasteiger partial charge is 0.272 e. The van der Waals surface area contributed by atoms with Crippen molar-refractivity contribution in [2.45, 2.75) is 20.1 Å². The fraction of sp³-hybridized carbons (Fsp3) is 0.250. The van der Waals surface area contributed by atoms with Gasteiger partial charge in [-0.1, -0.05) is 0 Å². The van der Waals surface area contributed by atoms with Crippen molar-refractivity contribution < 1.29 is 24.1 Å². The van der Waals surface area contributed by atoms with Crippen LogP contribution < -0.4 is 9.47 Å². The van der Waals surface area contributed by atoms with Gasteiger partial charge in [-0.25, -0.2) is 0 Å². The molecule has 0 spiro atoms. The van der Waals surface area contributed by atoms with E-state index in [4.69, 9.17) is 14.2 Å². The van der Waals surface area contributed by atoms with Gasteiger partial charge in [0.25, 0.3) is 11.4 Å². The lowest BCUT2D eigenvalue weighted by Gasteiger charge is -2.20. The van der Waals surface area contributed by atoms with Gasteiger partial charge in [-0.05, 0) is 19.1 Å². The number of nitrogens with zero attached hydrogens (tertiary/aromatic N) is 2. The molecule has 0 amide bonds. The zero-order chi connectivity index (χ0) is 18.0. The number of nitro groups is 2. The van der Waals surface area contributed by atoms with Crippen molar-refractivity contribution in [3.05, 3.63) is 67.3 Å². The molecule has 2 aromatic carbocycles. The summed E-state index contributed by atoms with van der Waals surface area (Å²) in [6.45, 7) is 1.93. The van der Waals surface area contributed by atoms with Crippen LogP contribution in [0.5, 0.6) is 11.5 Å². The molecule has 0 radical (unpaired) electrons. The Bertz CT molecular complexity index is 851. The molecule has 1 aliphatic heterocycles. The van der Waals surface area contributed by atoms with Gasteiger partial charge < -0.3 is 14.2 Å². The van der Waals surface area contributed by atoms with E-state index in [2.05, 4.69) is 0 Å². The second-order valence-electron chi connectivity index (χ2n) is 5.45. The molecule has 25 heavy (non-hydrogen) atoms. The Hall–Kier alpha value is -3.20. The van der Waals surface area contributed by atoms with Crippen molar-refractivity contribution in [2.75, 3.05) is 6.79 Å². The molecule has 0 aromatic heterocycles. The molecule has 0 unspecified atom stereocenters. The Balaban J connectivity index is 1.85. The number of ether oxygens (including phenoxy) is 3. The van der Waals surface area contributed by atoms with Gasteiger partial charge in [0.05, 0.1) is 16.5 Å². The van der Waals surface area contributed by atoms with Crippen LogP contribution in [-0.4, -0.2) is 16.6 Å². The fourth-order valence-corrected chi connectivity index (χ4v) is 2.58. The van der Waals surface area contributed by atoms with E-state index in [1.165, 1.54) is 24.3 Å². The molecule has 2 aromatic rings. The van der Waals surface area contributed by atoms with Gasteiger partial charge in [-0.3, -0.25) is 20.2 Å². The van der Waals surface area contributed by atoms with E-state index < -0.39 is 9.85 Å². The third-order valence-electron chi connectivity index (χ3n) is 3.74. The molecule has 9 nitrogen and oxygen atoms in total. The van der Waals surface area contributed by atoms with Gasteiger partial charge in [-0.2, -0.15) is 0 Å². The summed E-state index contributed by atoms with van der Waals surface area (Å²) in [5, 5.41) is 21.9. The van der Waals surface area contributed by atoms with Crippen LogP contribution in [0, 0.1) is 27.2 Å². The van der Waals surface area contributed by atoms with Crippen molar-refractivity contribution in [2.24, 2.45) is 0 Å². The lowest BCUT2D eigenvalue weighted by Crippen LogP contribution is -2.14. The molecular formula is C16H14N2O7. The van der Waals surface area contributed by atoms with Crippen LogP contribution >= 0.6 is 0 Å². The molecule has 0 N–H and O–H groups in total. The number of benzene rings is 2. The summed E-state index contributed by atoms with van der Waals surface area (Å²) >= 11 is 0. The minimum absolute atomic E-state index is 0.000519. The second kappa shape index (κ2) is 6.73. The van der Waals surface area contributed by atoms with E-state index in [1.54, 1.807) is 13.0 Å². The standard InChI is InChI=1S/C16H14N2O7/c1-10-4-14(2-3-15(10)18(21)22)24-8-12-6-13(17(19)20)5-11-7-23-9-25-16(11)12/h2-6H,7-9H2,1H3. The topological polar surface area (TPSA) is 114 Å². The first kappa shape index (κ1) is 16.7. The molecule has 0 bridgehead atoms. The first-order valence-corrected chi connectivity index (χ1v) is 7.34. The summed E-state index contributed by atoms with van der Waals surface area (Å²) in [6, 6.07) is 7.19. The third kappa shape index (κ3) is 3.50. The molecule has 0 fully saturated rings. The Morgan fingerprint density at radius 3 is 2.64 bits per heavy atom. The average molecular weight is 346 g/mol. The van der Waals surface area contributed by atoms with Crippen LogP contribution in [-0.2, 0) is 18.0 Å². The fourth-order valence-electron chi connectivity index (χ4n) is 2.58. The average Bonchev–Trinajstić information content (AvgIpc) is 2.59. The van der Waals surface area contributed by atoms with Crippen LogP contribution in [0.2, 0.25) is 0 Å². The highest BCUT2D eigenvalue weighted by Gasteiger charge is 2.21. The summed E-state index contributed by atoms with van der Waals surface area (Å²) in [4.78, 5) is 21.0. The van der Waals surface area contributed by atoms with Crippen LogP contribution in [0.25, 0.3) is 0 Å². The lowest BCUT2D eigenvalue weighted by molar-refractivity contribution is -0.385. The molecule has 1 aliphatic rings. The Morgan fingerprint density at radius 2 is 1.96 bits per heavy atom. The van der Waals surface area contributed by atoms with E-state index in [-0.39, 0.29) is 31.4 Å². The van der Waals surface area contributed by atoms with Gasteiger partial charge in [0.15, 0.2) is 6.79 Å². The number of hydrogen-bond donors (Lipinski definition) is 0. The monoisotopic (exact) mass is 346 g/mol. The SMILES string of the molecule is Cc1cc(OCc2cc([N+](=O)[O-])cc3c2OCOC3)ccc1[N+](=O)[O-]. The molecule has 0 atom stereocenters. The summed E-state index contributed by atoms with van der Waals surface area (Å²) < 4.78 is 16.2.